The zero-order chi connectivity index (χ0) is 23.1. The van der Waals surface area contributed by atoms with Crippen LogP contribution in [0.4, 0.5) is 0 Å². The summed E-state index contributed by atoms with van der Waals surface area (Å²) in [5.74, 6) is -0.913. The van der Waals surface area contributed by atoms with Gasteiger partial charge >= 0.3 is 5.97 Å². The summed E-state index contributed by atoms with van der Waals surface area (Å²) < 4.78 is 0. The third-order valence-electron chi connectivity index (χ3n) is 6.42. The molecule has 1 amide bonds. The van der Waals surface area contributed by atoms with Crippen molar-refractivity contribution >= 4 is 11.9 Å². The van der Waals surface area contributed by atoms with Crippen molar-refractivity contribution in [2.24, 2.45) is 5.73 Å². The minimum Gasteiger partial charge on any atom is -0.481 e. The number of carbonyl (C=O) groups is 2. The number of amides is 1. The molecule has 0 saturated heterocycles. The largest absolute Gasteiger partial charge is 0.481 e. The first-order valence-electron chi connectivity index (χ1n) is 12.2. The molecule has 0 aliphatic rings. The van der Waals surface area contributed by atoms with E-state index in [-0.39, 0.29) is 17.7 Å². The highest BCUT2D eigenvalue weighted by atomic mass is 16.4. The summed E-state index contributed by atoms with van der Waals surface area (Å²) in [4.78, 5) is 21.7. The second kappa shape index (κ2) is 14.4. The lowest BCUT2D eigenvalue weighted by Gasteiger charge is -2.36. The molecule has 0 aromatic heterocycles. The van der Waals surface area contributed by atoms with Crippen LogP contribution in [0.5, 0.6) is 0 Å². The van der Waals surface area contributed by atoms with E-state index < -0.39 is 5.97 Å². The van der Waals surface area contributed by atoms with Crippen LogP contribution in [0.1, 0.15) is 94.6 Å². The van der Waals surface area contributed by atoms with E-state index in [9.17, 15) is 9.59 Å². The molecule has 2 rings (SSSR count). The molecule has 0 spiro atoms. The van der Waals surface area contributed by atoms with Crippen molar-refractivity contribution in [2.45, 2.75) is 88.9 Å². The highest BCUT2D eigenvalue weighted by Crippen LogP contribution is 2.42. The molecule has 4 heteroatoms. The highest BCUT2D eigenvalue weighted by molar-refractivity contribution is 5.73. The van der Waals surface area contributed by atoms with Crippen LogP contribution >= 0.6 is 0 Å². The zero-order valence-electron chi connectivity index (χ0n) is 19.3. The SMILES string of the molecule is NC(=O)CCCCCCCC(CCCCCCC(=O)O)(c1ccccc1)c1ccccc1. The molecule has 2 aromatic carbocycles. The fraction of sp³-hybridized carbons (Fsp3) is 0.500. The molecule has 4 nitrogen and oxygen atoms in total. The molecule has 3 N–H and O–H groups in total. The maximum atomic E-state index is 10.9. The number of nitrogens with two attached hydrogens (primary N) is 1. The molecule has 0 aliphatic heterocycles. The Kier molecular flexibility index (Phi) is 11.6. The molecular formula is C28H39NO3. The van der Waals surface area contributed by atoms with Crippen LogP contribution in [0, 0.1) is 0 Å². The number of primary amides is 1. The van der Waals surface area contributed by atoms with Crippen molar-refractivity contribution in [2.75, 3.05) is 0 Å². The fourth-order valence-electron chi connectivity index (χ4n) is 4.70. The monoisotopic (exact) mass is 437 g/mol. The molecule has 32 heavy (non-hydrogen) atoms. The van der Waals surface area contributed by atoms with Gasteiger partial charge in [0, 0.05) is 18.3 Å². The Hall–Kier alpha value is -2.62. The van der Waals surface area contributed by atoms with Crippen molar-refractivity contribution in [3.05, 3.63) is 71.8 Å². The maximum Gasteiger partial charge on any atom is 0.303 e. The molecule has 0 aliphatic carbocycles. The second-order valence-corrected chi connectivity index (χ2v) is 8.86. The number of unbranched alkanes of at least 4 members (excludes halogenated alkanes) is 7. The quantitative estimate of drug-likeness (QED) is 0.273. The molecule has 0 bridgehead atoms. The maximum absolute atomic E-state index is 10.9. The topological polar surface area (TPSA) is 80.4 Å². The van der Waals surface area contributed by atoms with E-state index in [0.717, 1.165) is 70.6 Å². The number of hydrogen-bond donors (Lipinski definition) is 2. The Bertz CT molecular complexity index is 749. The average molecular weight is 438 g/mol. The van der Waals surface area contributed by atoms with Gasteiger partial charge in [-0.3, -0.25) is 9.59 Å². The van der Waals surface area contributed by atoms with Crippen LogP contribution in [0.3, 0.4) is 0 Å². The molecule has 0 atom stereocenters. The first-order chi connectivity index (χ1) is 15.5. The number of carboxylic acid groups (broad SMARTS) is 1. The van der Waals surface area contributed by atoms with Crippen molar-refractivity contribution in [1.82, 2.24) is 0 Å². The minimum atomic E-state index is -0.705. The van der Waals surface area contributed by atoms with E-state index >= 15 is 0 Å². The molecular weight excluding hydrogens is 398 g/mol. The Labute approximate surface area is 193 Å². The van der Waals surface area contributed by atoms with Crippen LogP contribution in [0.2, 0.25) is 0 Å². The third-order valence-corrected chi connectivity index (χ3v) is 6.42. The Balaban J connectivity index is 2.07. The number of rotatable bonds is 17. The standard InChI is InChI=1S/C28H39NO3/c29-26(30)20-12-2-1-4-14-22-28(24-16-8-6-9-17-24,25-18-10-7-11-19-25)23-15-5-3-13-21-27(31)32/h6-11,16-19H,1-5,12-15,20-23H2,(H2,29,30)(H,31,32). The molecule has 0 saturated carbocycles. The molecule has 0 unspecified atom stereocenters. The van der Waals surface area contributed by atoms with Gasteiger partial charge in [-0.1, -0.05) is 106 Å². The van der Waals surface area contributed by atoms with Gasteiger partial charge in [-0.05, 0) is 36.8 Å². The summed E-state index contributed by atoms with van der Waals surface area (Å²) in [7, 11) is 0. The molecule has 174 valence electrons. The smallest absolute Gasteiger partial charge is 0.303 e. The van der Waals surface area contributed by atoms with Gasteiger partial charge in [0.2, 0.25) is 5.91 Å². The molecule has 0 heterocycles. The van der Waals surface area contributed by atoms with Crippen LogP contribution in [-0.2, 0) is 15.0 Å². The van der Waals surface area contributed by atoms with Crippen LogP contribution < -0.4 is 5.73 Å². The van der Waals surface area contributed by atoms with E-state index in [2.05, 4.69) is 60.7 Å². The van der Waals surface area contributed by atoms with Crippen LogP contribution in [0.15, 0.2) is 60.7 Å². The zero-order valence-corrected chi connectivity index (χ0v) is 19.3. The fourth-order valence-corrected chi connectivity index (χ4v) is 4.70. The van der Waals surface area contributed by atoms with Crippen molar-refractivity contribution in [3.8, 4) is 0 Å². The van der Waals surface area contributed by atoms with E-state index in [0.29, 0.717) is 6.42 Å². The van der Waals surface area contributed by atoms with Gasteiger partial charge in [0.1, 0.15) is 0 Å². The van der Waals surface area contributed by atoms with Gasteiger partial charge in [0.25, 0.3) is 0 Å². The van der Waals surface area contributed by atoms with Crippen LogP contribution in [-0.4, -0.2) is 17.0 Å². The first kappa shape index (κ1) is 25.6. The van der Waals surface area contributed by atoms with Crippen molar-refractivity contribution in [3.63, 3.8) is 0 Å². The highest BCUT2D eigenvalue weighted by Gasteiger charge is 2.33. The van der Waals surface area contributed by atoms with E-state index in [1.54, 1.807) is 0 Å². The number of benzene rings is 2. The van der Waals surface area contributed by atoms with Gasteiger partial charge in [-0.15, -0.1) is 0 Å². The Morgan fingerprint density at radius 1 is 0.625 bits per heavy atom. The molecule has 2 aromatic rings. The summed E-state index contributed by atoms with van der Waals surface area (Å²) in [5, 5.41) is 8.88. The Morgan fingerprint density at radius 3 is 1.47 bits per heavy atom. The summed E-state index contributed by atoms with van der Waals surface area (Å²) in [5.41, 5.74) is 7.95. The second-order valence-electron chi connectivity index (χ2n) is 8.86. The normalized spacial score (nSPS) is 11.4. The average Bonchev–Trinajstić information content (AvgIpc) is 2.80. The predicted molar refractivity (Wildman–Crippen MR) is 131 cm³/mol. The minimum absolute atomic E-state index is 0.0253. The number of hydrogen-bond acceptors (Lipinski definition) is 2. The van der Waals surface area contributed by atoms with Gasteiger partial charge in [-0.25, -0.2) is 0 Å². The lowest BCUT2D eigenvalue weighted by atomic mass is 9.68. The van der Waals surface area contributed by atoms with Gasteiger partial charge in [0.15, 0.2) is 0 Å². The van der Waals surface area contributed by atoms with E-state index in [1.165, 1.54) is 11.1 Å². The van der Waals surface area contributed by atoms with Gasteiger partial charge in [-0.2, -0.15) is 0 Å². The molecule has 0 radical (unpaired) electrons. The van der Waals surface area contributed by atoms with E-state index in [1.807, 2.05) is 0 Å². The summed E-state index contributed by atoms with van der Waals surface area (Å²) in [6.07, 6.45) is 12.1. The number of carbonyl (C=O) groups excluding carboxylic acids is 1. The predicted octanol–water partition coefficient (Wildman–Crippen LogP) is 6.61. The first-order valence-corrected chi connectivity index (χ1v) is 12.2. The number of aliphatic carboxylic acids is 1. The lowest BCUT2D eigenvalue weighted by molar-refractivity contribution is -0.137. The van der Waals surface area contributed by atoms with E-state index in [4.69, 9.17) is 10.8 Å². The van der Waals surface area contributed by atoms with Crippen LogP contribution in [0.25, 0.3) is 0 Å². The summed E-state index contributed by atoms with van der Waals surface area (Å²) in [6.45, 7) is 0. The number of carboxylic acids is 1. The van der Waals surface area contributed by atoms with Crippen molar-refractivity contribution in [1.29, 1.82) is 0 Å². The Morgan fingerprint density at radius 2 is 1.03 bits per heavy atom. The third kappa shape index (κ3) is 8.86. The molecule has 0 fully saturated rings. The van der Waals surface area contributed by atoms with Crippen molar-refractivity contribution < 1.29 is 14.7 Å². The summed E-state index contributed by atoms with van der Waals surface area (Å²) >= 11 is 0. The lowest BCUT2D eigenvalue weighted by Crippen LogP contribution is -2.28. The van der Waals surface area contributed by atoms with Gasteiger partial charge in [0.05, 0.1) is 0 Å². The summed E-state index contributed by atoms with van der Waals surface area (Å²) in [6, 6.07) is 21.7. The van der Waals surface area contributed by atoms with Gasteiger partial charge < -0.3 is 10.8 Å².